The molecule has 1 aromatic heterocycles. The van der Waals surface area contributed by atoms with Gasteiger partial charge in [-0.2, -0.15) is 0 Å². The molecule has 0 unspecified atom stereocenters. The van der Waals surface area contributed by atoms with Crippen LogP contribution in [0.2, 0.25) is 0 Å². The first-order chi connectivity index (χ1) is 17.4. The topological polar surface area (TPSA) is 92.8 Å². The summed E-state index contributed by atoms with van der Waals surface area (Å²) in [5.41, 5.74) is 10.7. The predicted octanol–water partition coefficient (Wildman–Crippen LogP) is 4.05. The summed E-state index contributed by atoms with van der Waals surface area (Å²) in [6.45, 7) is 3.70. The number of hydrogen-bond acceptors (Lipinski definition) is 6. The smallest absolute Gasteiger partial charge is 0.252 e. The SMILES string of the molecule is CN=C/C(=C\N)c1cc(C2(NC(=O)c3cc(OC[C@@H]4CCN4C)ccc3C)CC2)c2cccnc2c1. The van der Waals surface area contributed by atoms with E-state index in [0.29, 0.717) is 18.2 Å². The Kier molecular flexibility index (Phi) is 6.49. The van der Waals surface area contributed by atoms with Crippen LogP contribution in [0.5, 0.6) is 5.75 Å². The highest BCUT2D eigenvalue weighted by Crippen LogP contribution is 2.48. The summed E-state index contributed by atoms with van der Waals surface area (Å²) in [5.74, 6) is 0.632. The first-order valence-corrected chi connectivity index (χ1v) is 12.4. The Hall–Kier alpha value is -3.71. The Morgan fingerprint density at radius 1 is 1.31 bits per heavy atom. The number of carbonyl (C=O) groups is 1. The molecule has 1 saturated carbocycles. The van der Waals surface area contributed by atoms with Gasteiger partial charge in [0.05, 0.1) is 11.1 Å². The molecule has 0 radical (unpaired) electrons. The fourth-order valence-electron chi connectivity index (χ4n) is 4.88. The number of nitrogens with two attached hydrogens (primary N) is 1. The lowest BCUT2D eigenvalue weighted by atomic mass is 9.93. The molecule has 5 rings (SSSR count). The van der Waals surface area contributed by atoms with Crippen LogP contribution in [-0.4, -0.2) is 55.3 Å². The number of aryl methyl sites for hydroxylation is 1. The highest BCUT2D eigenvalue weighted by atomic mass is 16.5. The molecule has 0 spiro atoms. The third-order valence-corrected chi connectivity index (χ3v) is 7.45. The van der Waals surface area contributed by atoms with Crippen LogP contribution in [-0.2, 0) is 5.54 Å². The Labute approximate surface area is 212 Å². The lowest BCUT2D eigenvalue weighted by Gasteiger charge is -2.37. The number of rotatable bonds is 8. The minimum atomic E-state index is -0.449. The molecule has 1 aliphatic heterocycles. The van der Waals surface area contributed by atoms with E-state index in [9.17, 15) is 4.79 Å². The maximum absolute atomic E-state index is 13.6. The average Bonchev–Trinajstić information content (AvgIpc) is 3.66. The Morgan fingerprint density at radius 2 is 2.14 bits per heavy atom. The molecule has 2 heterocycles. The molecule has 2 aromatic carbocycles. The molecule has 1 atom stereocenters. The van der Waals surface area contributed by atoms with Gasteiger partial charge in [0, 0.05) is 48.2 Å². The number of aromatic nitrogens is 1. The molecular weight excluding hydrogens is 450 g/mol. The summed E-state index contributed by atoms with van der Waals surface area (Å²) in [5, 5.41) is 4.39. The summed E-state index contributed by atoms with van der Waals surface area (Å²) in [7, 11) is 3.83. The zero-order chi connectivity index (χ0) is 25.3. The van der Waals surface area contributed by atoms with Crippen molar-refractivity contribution in [1.82, 2.24) is 15.2 Å². The number of benzene rings is 2. The lowest BCUT2D eigenvalue weighted by Crippen LogP contribution is -2.48. The van der Waals surface area contributed by atoms with Gasteiger partial charge in [0.2, 0.25) is 0 Å². The van der Waals surface area contributed by atoms with E-state index < -0.39 is 5.54 Å². The maximum Gasteiger partial charge on any atom is 0.252 e. The standard InChI is InChI=1S/C29H33N5O2/c1-19-6-7-23(36-18-22-8-12-34(22)3)15-25(19)28(35)33-29(9-10-29)26-13-20(21(16-30)17-31-2)14-27-24(26)5-4-11-32-27/h4-7,11,13-17,22H,8-10,12,18,30H2,1-3H3,(H,33,35)/b21-16+,31-17?/t22-/m0/s1. The first-order valence-electron chi connectivity index (χ1n) is 12.4. The van der Waals surface area contributed by atoms with E-state index in [1.165, 1.54) is 0 Å². The van der Waals surface area contributed by atoms with Gasteiger partial charge in [0.15, 0.2) is 0 Å². The summed E-state index contributed by atoms with van der Waals surface area (Å²) < 4.78 is 6.03. The van der Waals surface area contributed by atoms with Gasteiger partial charge in [-0.05, 0) is 86.8 Å². The second-order valence-corrected chi connectivity index (χ2v) is 9.85. The van der Waals surface area contributed by atoms with Crippen LogP contribution in [0.15, 0.2) is 59.9 Å². The zero-order valence-corrected chi connectivity index (χ0v) is 21.1. The van der Waals surface area contributed by atoms with E-state index in [1.807, 2.05) is 37.3 Å². The van der Waals surface area contributed by atoms with Gasteiger partial charge < -0.3 is 15.8 Å². The Balaban J connectivity index is 1.44. The third-order valence-electron chi connectivity index (χ3n) is 7.45. The van der Waals surface area contributed by atoms with Crippen molar-refractivity contribution in [2.24, 2.45) is 10.7 Å². The van der Waals surface area contributed by atoms with Gasteiger partial charge in [0.1, 0.15) is 12.4 Å². The van der Waals surface area contributed by atoms with Gasteiger partial charge >= 0.3 is 0 Å². The molecule has 7 heteroatoms. The van der Waals surface area contributed by atoms with E-state index in [4.69, 9.17) is 10.5 Å². The van der Waals surface area contributed by atoms with Crippen molar-refractivity contribution in [1.29, 1.82) is 0 Å². The number of hydrogen-bond donors (Lipinski definition) is 2. The first kappa shape index (κ1) is 24.0. The van der Waals surface area contributed by atoms with Gasteiger partial charge in [-0.15, -0.1) is 0 Å². The number of nitrogens with zero attached hydrogens (tertiary/aromatic N) is 3. The monoisotopic (exact) mass is 483 g/mol. The van der Waals surface area contributed by atoms with Crippen LogP contribution >= 0.6 is 0 Å². The number of likely N-dealkylation sites (tertiary alicyclic amines) is 1. The van der Waals surface area contributed by atoms with Crippen LogP contribution < -0.4 is 15.8 Å². The molecule has 3 aromatic rings. The van der Waals surface area contributed by atoms with Crippen molar-refractivity contribution in [3.8, 4) is 5.75 Å². The molecule has 7 nitrogen and oxygen atoms in total. The number of pyridine rings is 1. The van der Waals surface area contributed by atoms with E-state index in [2.05, 4.69) is 39.4 Å². The number of allylic oxidation sites excluding steroid dienone is 1. The average molecular weight is 484 g/mol. The minimum Gasteiger partial charge on any atom is -0.492 e. The fraction of sp³-hybridized carbons (Fsp3) is 0.345. The molecule has 0 bridgehead atoms. The van der Waals surface area contributed by atoms with Crippen molar-refractivity contribution in [2.45, 2.75) is 37.8 Å². The van der Waals surface area contributed by atoms with E-state index in [-0.39, 0.29) is 5.91 Å². The van der Waals surface area contributed by atoms with Crippen LogP contribution in [0.25, 0.3) is 16.5 Å². The molecule has 1 aliphatic carbocycles. The number of fused-ring (bicyclic) bond motifs is 1. The van der Waals surface area contributed by atoms with E-state index >= 15 is 0 Å². The fourth-order valence-corrected chi connectivity index (χ4v) is 4.88. The van der Waals surface area contributed by atoms with Crippen molar-refractivity contribution in [3.63, 3.8) is 0 Å². The van der Waals surface area contributed by atoms with Gasteiger partial charge in [0.25, 0.3) is 5.91 Å². The van der Waals surface area contributed by atoms with Gasteiger partial charge in [-0.1, -0.05) is 12.1 Å². The van der Waals surface area contributed by atoms with Crippen molar-refractivity contribution >= 4 is 28.6 Å². The lowest BCUT2D eigenvalue weighted by molar-refractivity contribution is 0.0767. The van der Waals surface area contributed by atoms with Gasteiger partial charge in [-0.3, -0.25) is 19.7 Å². The van der Waals surface area contributed by atoms with Crippen LogP contribution in [0.1, 0.15) is 46.3 Å². The molecule has 3 N–H and O–H groups in total. The van der Waals surface area contributed by atoms with Gasteiger partial charge in [-0.25, -0.2) is 0 Å². The molecule has 1 amide bonds. The molecule has 2 fully saturated rings. The minimum absolute atomic E-state index is 0.0941. The molecule has 36 heavy (non-hydrogen) atoms. The van der Waals surface area contributed by atoms with Crippen LogP contribution in [0.4, 0.5) is 0 Å². The van der Waals surface area contributed by atoms with E-state index in [0.717, 1.165) is 64.7 Å². The zero-order valence-electron chi connectivity index (χ0n) is 21.1. The molecule has 186 valence electrons. The summed E-state index contributed by atoms with van der Waals surface area (Å²) in [4.78, 5) is 24.6. The Morgan fingerprint density at radius 3 is 2.81 bits per heavy atom. The van der Waals surface area contributed by atoms with Crippen LogP contribution in [0.3, 0.4) is 0 Å². The number of amides is 1. The second-order valence-electron chi connectivity index (χ2n) is 9.85. The van der Waals surface area contributed by atoms with Crippen LogP contribution in [0, 0.1) is 6.92 Å². The second kappa shape index (κ2) is 9.74. The summed E-state index contributed by atoms with van der Waals surface area (Å²) >= 11 is 0. The predicted molar refractivity (Wildman–Crippen MR) is 144 cm³/mol. The number of nitrogens with one attached hydrogen (secondary N) is 1. The highest BCUT2D eigenvalue weighted by molar-refractivity contribution is 6.10. The number of ether oxygens (including phenoxy) is 1. The van der Waals surface area contributed by atoms with Crippen molar-refractivity contribution in [2.75, 3.05) is 27.2 Å². The summed E-state index contributed by atoms with van der Waals surface area (Å²) in [6, 6.07) is 14.3. The maximum atomic E-state index is 13.6. The molecular formula is C29H33N5O2. The molecule has 1 saturated heterocycles. The van der Waals surface area contributed by atoms with Crippen molar-refractivity contribution in [3.05, 3.63) is 77.1 Å². The number of carbonyl (C=O) groups excluding carboxylic acids is 1. The summed E-state index contributed by atoms with van der Waals surface area (Å²) in [6.07, 6.45) is 7.94. The quantitative estimate of drug-likeness (QED) is 0.472. The van der Waals surface area contributed by atoms with Crippen molar-refractivity contribution < 1.29 is 9.53 Å². The normalized spacial score (nSPS) is 19.3. The third kappa shape index (κ3) is 4.58. The largest absolute Gasteiger partial charge is 0.492 e. The number of aliphatic imine (C=N–C) groups is 1. The highest BCUT2D eigenvalue weighted by Gasteiger charge is 2.47. The number of likely N-dealkylation sites (N-methyl/N-ethyl adjacent to an activating group) is 1. The Bertz CT molecular complexity index is 1360. The van der Waals surface area contributed by atoms with E-state index in [1.54, 1.807) is 25.7 Å². The molecule has 2 aliphatic rings.